The summed E-state index contributed by atoms with van der Waals surface area (Å²) in [5.74, 6) is -0.848. The van der Waals surface area contributed by atoms with Gasteiger partial charge in [-0.05, 0) is 42.1 Å². The zero-order chi connectivity index (χ0) is 21.6. The maximum atomic E-state index is 12.6. The molecule has 0 bridgehead atoms. The van der Waals surface area contributed by atoms with E-state index in [0.29, 0.717) is 5.02 Å². The van der Waals surface area contributed by atoms with E-state index in [1.165, 1.54) is 29.3 Å². The number of nitrogens with zero attached hydrogens (tertiary/aromatic N) is 3. The molecule has 3 heterocycles. The third kappa shape index (κ3) is 3.35. The lowest BCUT2D eigenvalue weighted by atomic mass is 10.0. The van der Waals surface area contributed by atoms with Crippen LogP contribution in [0.15, 0.2) is 50.4 Å². The molecular weight excluding hydrogens is 428 g/mol. The topological polar surface area (TPSA) is 108 Å². The fourth-order valence-electron chi connectivity index (χ4n) is 3.52. The van der Waals surface area contributed by atoms with Gasteiger partial charge in [-0.25, -0.2) is 14.4 Å². The molecule has 10 heteroatoms. The number of halogens is 1. The Labute approximate surface area is 179 Å². The van der Waals surface area contributed by atoms with Crippen molar-refractivity contribution < 1.29 is 9.90 Å². The first-order valence-corrected chi connectivity index (χ1v) is 10.3. The van der Waals surface area contributed by atoms with Crippen LogP contribution in [0, 0.1) is 6.92 Å². The van der Waals surface area contributed by atoms with Gasteiger partial charge in [-0.3, -0.25) is 14.6 Å². The summed E-state index contributed by atoms with van der Waals surface area (Å²) in [6.45, 7) is 3.32. The molecule has 30 heavy (non-hydrogen) atoms. The molecule has 0 saturated heterocycles. The number of hydrogen-bond donors (Lipinski definition) is 2. The molecule has 8 nitrogen and oxygen atoms in total. The van der Waals surface area contributed by atoms with Crippen LogP contribution < -0.4 is 11.2 Å². The molecule has 2 N–H and O–H groups in total. The molecule has 1 atom stereocenters. The fraction of sp³-hybridized carbons (Fsp3) is 0.200. The van der Waals surface area contributed by atoms with Crippen molar-refractivity contribution in [3.63, 3.8) is 0 Å². The van der Waals surface area contributed by atoms with Gasteiger partial charge in [0.2, 0.25) is 11.8 Å². The number of aryl methyl sites for hydroxylation is 1. The molecule has 3 aromatic rings. The highest BCUT2D eigenvalue weighted by Gasteiger charge is 2.35. The van der Waals surface area contributed by atoms with Gasteiger partial charge < -0.3 is 5.11 Å². The van der Waals surface area contributed by atoms with Crippen molar-refractivity contribution in [2.45, 2.75) is 26.3 Å². The number of aromatic amines is 1. The van der Waals surface area contributed by atoms with E-state index in [-0.39, 0.29) is 35.3 Å². The first-order chi connectivity index (χ1) is 14.3. The van der Waals surface area contributed by atoms with E-state index in [0.717, 1.165) is 15.0 Å². The Hall–Kier alpha value is -3.17. The second-order valence-corrected chi connectivity index (χ2v) is 8.26. The number of benzene rings is 1. The number of rotatable bonds is 3. The number of amides is 1. The lowest BCUT2D eigenvalue weighted by Gasteiger charge is -2.19. The van der Waals surface area contributed by atoms with E-state index in [1.807, 2.05) is 18.4 Å². The average molecular weight is 445 g/mol. The van der Waals surface area contributed by atoms with E-state index in [2.05, 4.69) is 10.1 Å². The van der Waals surface area contributed by atoms with Gasteiger partial charge in [-0.1, -0.05) is 17.7 Å². The molecule has 0 aliphatic carbocycles. The third-order valence-electron chi connectivity index (χ3n) is 4.88. The largest absolute Gasteiger partial charge is 0.493 e. The van der Waals surface area contributed by atoms with Crippen LogP contribution >= 0.6 is 22.9 Å². The van der Waals surface area contributed by atoms with Gasteiger partial charge in [-0.15, -0.1) is 11.3 Å². The molecule has 1 aromatic carbocycles. The first kappa shape index (κ1) is 20.1. The lowest BCUT2D eigenvalue weighted by molar-refractivity contribution is -0.130. The Morgan fingerprint density at radius 3 is 2.73 bits per heavy atom. The zero-order valence-electron chi connectivity index (χ0n) is 16.0. The molecule has 1 unspecified atom stereocenters. The summed E-state index contributed by atoms with van der Waals surface area (Å²) in [5, 5.41) is 18.8. The SMILES string of the molecule is CC(=O)N1N=C(c2c(O)n(-c3cccc(Cl)c3)c(=O)[nH]c2=O)CC1c1sccc1C. The Bertz CT molecular complexity index is 1310. The van der Waals surface area contributed by atoms with Crippen LogP contribution in [0.3, 0.4) is 0 Å². The van der Waals surface area contributed by atoms with Crippen LogP contribution in [0.2, 0.25) is 5.02 Å². The second kappa shape index (κ2) is 7.58. The molecule has 0 spiro atoms. The van der Waals surface area contributed by atoms with Crippen molar-refractivity contribution in [1.29, 1.82) is 0 Å². The number of hydrogen-bond acceptors (Lipinski definition) is 6. The molecule has 1 amide bonds. The van der Waals surface area contributed by atoms with Gasteiger partial charge in [0.25, 0.3) is 5.56 Å². The number of aromatic nitrogens is 2. The van der Waals surface area contributed by atoms with Crippen LogP contribution in [0.1, 0.15) is 35.4 Å². The summed E-state index contributed by atoms with van der Waals surface area (Å²) in [6, 6.07) is 7.86. The number of hydrazone groups is 1. The summed E-state index contributed by atoms with van der Waals surface area (Å²) in [4.78, 5) is 40.4. The van der Waals surface area contributed by atoms with Crippen LogP contribution in [0.25, 0.3) is 5.69 Å². The second-order valence-electron chi connectivity index (χ2n) is 6.87. The van der Waals surface area contributed by atoms with Crippen LogP contribution in [0.4, 0.5) is 0 Å². The summed E-state index contributed by atoms with van der Waals surface area (Å²) in [5.41, 5.74) is -0.224. The highest BCUT2D eigenvalue weighted by atomic mass is 35.5. The smallest absolute Gasteiger partial charge is 0.335 e. The van der Waals surface area contributed by atoms with Gasteiger partial charge in [0.05, 0.1) is 17.4 Å². The number of carbonyl (C=O) groups is 1. The molecular formula is C20H17ClN4O4S. The Morgan fingerprint density at radius 2 is 2.10 bits per heavy atom. The molecule has 2 aromatic heterocycles. The van der Waals surface area contributed by atoms with E-state index < -0.39 is 17.1 Å². The summed E-state index contributed by atoms with van der Waals surface area (Å²) in [7, 11) is 0. The minimum absolute atomic E-state index is 0.155. The standard InChI is InChI=1S/C20H17ClN4O4S/c1-10-6-7-30-17(10)15-9-14(23-25(15)11(2)26)16-18(27)22-20(29)24(19(16)28)13-5-3-4-12(21)8-13/h3-8,15,28H,9H2,1-2H3,(H,22,27,29). The summed E-state index contributed by atoms with van der Waals surface area (Å²) < 4.78 is 0.951. The zero-order valence-corrected chi connectivity index (χ0v) is 17.6. The number of carbonyl (C=O) groups excluding carboxylic acids is 1. The van der Waals surface area contributed by atoms with E-state index in [9.17, 15) is 19.5 Å². The maximum Gasteiger partial charge on any atom is 0.335 e. The van der Waals surface area contributed by atoms with Crippen LogP contribution in [-0.2, 0) is 4.79 Å². The number of H-pyrrole nitrogens is 1. The van der Waals surface area contributed by atoms with Crippen molar-refractivity contribution in [3.05, 3.63) is 77.6 Å². The maximum absolute atomic E-state index is 12.6. The Balaban J connectivity index is 1.87. The lowest BCUT2D eigenvalue weighted by Crippen LogP contribution is -2.33. The highest BCUT2D eigenvalue weighted by Crippen LogP contribution is 2.37. The van der Waals surface area contributed by atoms with Crippen molar-refractivity contribution in [1.82, 2.24) is 14.6 Å². The van der Waals surface area contributed by atoms with Crippen LogP contribution in [-0.4, -0.2) is 31.3 Å². The minimum Gasteiger partial charge on any atom is -0.493 e. The van der Waals surface area contributed by atoms with E-state index in [4.69, 9.17) is 11.6 Å². The first-order valence-electron chi connectivity index (χ1n) is 9.03. The van der Waals surface area contributed by atoms with Crippen molar-refractivity contribution >= 4 is 34.6 Å². The highest BCUT2D eigenvalue weighted by molar-refractivity contribution is 7.10. The average Bonchev–Trinajstić information content (AvgIpc) is 3.27. The van der Waals surface area contributed by atoms with Crippen molar-refractivity contribution in [2.24, 2.45) is 5.10 Å². The molecule has 0 saturated carbocycles. The number of aromatic hydroxyl groups is 1. The van der Waals surface area contributed by atoms with Crippen molar-refractivity contribution in [3.8, 4) is 11.6 Å². The molecule has 0 radical (unpaired) electrons. The number of nitrogens with one attached hydrogen (secondary N) is 1. The molecule has 4 rings (SSSR count). The van der Waals surface area contributed by atoms with Gasteiger partial charge in [0.15, 0.2) is 0 Å². The predicted molar refractivity (Wildman–Crippen MR) is 115 cm³/mol. The fourth-order valence-corrected chi connectivity index (χ4v) is 4.72. The van der Waals surface area contributed by atoms with Gasteiger partial charge >= 0.3 is 5.69 Å². The van der Waals surface area contributed by atoms with Crippen LogP contribution in [0.5, 0.6) is 5.88 Å². The Kier molecular flexibility index (Phi) is 5.08. The summed E-state index contributed by atoms with van der Waals surface area (Å²) in [6.07, 6.45) is 0.228. The van der Waals surface area contributed by atoms with E-state index in [1.54, 1.807) is 18.2 Å². The van der Waals surface area contributed by atoms with Gasteiger partial charge in [-0.2, -0.15) is 5.10 Å². The van der Waals surface area contributed by atoms with E-state index >= 15 is 0 Å². The quantitative estimate of drug-likeness (QED) is 0.647. The van der Waals surface area contributed by atoms with Gasteiger partial charge in [0, 0.05) is 23.2 Å². The summed E-state index contributed by atoms with van der Waals surface area (Å²) >= 11 is 7.50. The molecule has 0 fully saturated rings. The normalized spacial score (nSPS) is 16.0. The van der Waals surface area contributed by atoms with Crippen molar-refractivity contribution in [2.75, 3.05) is 0 Å². The monoisotopic (exact) mass is 444 g/mol. The van der Waals surface area contributed by atoms with Gasteiger partial charge in [0.1, 0.15) is 5.56 Å². The molecule has 1 aliphatic rings. The molecule has 1 aliphatic heterocycles. The third-order valence-corrected chi connectivity index (χ3v) is 6.23. The predicted octanol–water partition coefficient (Wildman–Crippen LogP) is 2.95. The Morgan fingerprint density at radius 1 is 1.33 bits per heavy atom. The number of thiophene rings is 1. The minimum atomic E-state index is -0.809. The molecule has 154 valence electrons.